The standard InChI is InChI=1S/C16H26N4O3S/c1-23-15-8-14(20(10-15)16-6-7-17-12-18-16)9-19-24(21,22)11-13-4-2-3-5-13/h6-7,12-15,19H,2-5,8-11H2,1H3/t14-,15-/m1/s1. The summed E-state index contributed by atoms with van der Waals surface area (Å²) in [6.07, 6.45) is 8.45. The molecule has 1 aliphatic carbocycles. The van der Waals surface area contributed by atoms with Gasteiger partial charge in [0.25, 0.3) is 0 Å². The van der Waals surface area contributed by atoms with Crippen LogP contribution in [0.5, 0.6) is 0 Å². The average Bonchev–Trinajstić information content (AvgIpc) is 3.22. The van der Waals surface area contributed by atoms with Crippen LogP contribution in [0.25, 0.3) is 0 Å². The highest BCUT2D eigenvalue weighted by molar-refractivity contribution is 7.89. The fourth-order valence-electron chi connectivity index (χ4n) is 3.74. The summed E-state index contributed by atoms with van der Waals surface area (Å²) in [5, 5.41) is 0. The van der Waals surface area contributed by atoms with Crippen molar-refractivity contribution in [2.45, 2.75) is 44.2 Å². The Morgan fingerprint density at radius 1 is 1.38 bits per heavy atom. The van der Waals surface area contributed by atoms with Crippen molar-refractivity contribution in [1.82, 2.24) is 14.7 Å². The predicted octanol–water partition coefficient (Wildman–Crippen LogP) is 1.18. The number of rotatable bonds is 7. The van der Waals surface area contributed by atoms with Gasteiger partial charge in [0.15, 0.2) is 0 Å². The number of aromatic nitrogens is 2. The average molecular weight is 354 g/mol. The Bertz CT molecular complexity index is 619. The number of nitrogens with one attached hydrogen (secondary N) is 1. The minimum atomic E-state index is -3.23. The Hall–Kier alpha value is -1.25. The van der Waals surface area contributed by atoms with Crippen molar-refractivity contribution in [1.29, 1.82) is 0 Å². The van der Waals surface area contributed by atoms with Gasteiger partial charge < -0.3 is 9.64 Å². The van der Waals surface area contributed by atoms with Crippen LogP contribution in [0.4, 0.5) is 5.82 Å². The molecule has 8 heteroatoms. The van der Waals surface area contributed by atoms with Crippen LogP contribution in [0.1, 0.15) is 32.1 Å². The van der Waals surface area contributed by atoms with Crippen LogP contribution in [0, 0.1) is 5.92 Å². The number of methoxy groups -OCH3 is 1. The number of nitrogens with zero attached hydrogens (tertiary/aromatic N) is 3. The van der Waals surface area contributed by atoms with Gasteiger partial charge in [-0.1, -0.05) is 12.8 Å². The van der Waals surface area contributed by atoms with Gasteiger partial charge in [-0.3, -0.25) is 0 Å². The summed E-state index contributed by atoms with van der Waals surface area (Å²) >= 11 is 0. The number of ether oxygens (including phenoxy) is 1. The molecule has 1 aliphatic heterocycles. The molecule has 1 saturated carbocycles. The first-order valence-electron chi connectivity index (χ1n) is 8.60. The van der Waals surface area contributed by atoms with Crippen LogP contribution in [0.15, 0.2) is 18.6 Å². The van der Waals surface area contributed by atoms with Crippen molar-refractivity contribution in [3.05, 3.63) is 18.6 Å². The van der Waals surface area contributed by atoms with Gasteiger partial charge in [0, 0.05) is 32.4 Å². The monoisotopic (exact) mass is 354 g/mol. The molecule has 0 bridgehead atoms. The number of anilines is 1. The van der Waals surface area contributed by atoms with E-state index in [2.05, 4.69) is 19.6 Å². The lowest BCUT2D eigenvalue weighted by Crippen LogP contribution is -2.41. The van der Waals surface area contributed by atoms with E-state index in [0.29, 0.717) is 19.0 Å². The van der Waals surface area contributed by atoms with Gasteiger partial charge in [-0.15, -0.1) is 0 Å². The summed E-state index contributed by atoms with van der Waals surface area (Å²) in [5.41, 5.74) is 0. The number of hydrogen-bond acceptors (Lipinski definition) is 6. The van der Waals surface area contributed by atoms with E-state index in [1.807, 2.05) is 6.07 Å². The van der Waals surface area contributed by atoms with Crippen molar-refractivity contribution >= 4 is 15.8 Å². The minimum Gasteiger partial charge on any atom is -0.380 e. The van der Waals surface area contributed by atoms with E-state index in [0.717, 1.165) is 37.9 Å². The summed E-state index contributed by atoms with van der Waals surface area (Å²) in [7, 11) is -1.54. The molecular formula is C16H26N4O3S. The summed E-state index contributed by atoms with van der Waals surface area (Å²) in [5.74, 6) is 1.38. The molecule has 0 spiro atoms. The van der Waals surface area contributed by atoms with Gasteiger partial charge >= 0.3 is 0 Å². The highest BCUT2D eigenvalue weighted by atomic mass is 32.2. The molecule has 1 aromatic heterocycles. The van der Waals surface area contributed by atoms with Crippen molar-refractivity contribution in [2.24, 2.45) is 5.92 Å². The van der Waals surface area contributed by atoms with E-state index in [4.69, 9.17) is 4.74 Å². The van der Waals surface area contributed by atoms with E-state index >= 15 is 0 Å². The lowest BCUT2D eigenvalue weighted by molar-refractivity contribution is 0.118. The minimum absolute atomic E-state index is 0.0446. The maximum absolute atomic E-state index is 12.4. The van der Waals surface area contributed by atoms with E-state index in [1.54, 1.807) is 13.3 Å². The SMILES string of the molecule is CO[C@@H]1C[C@H](CNS(=O)(=O)CC2CCCC2)N(c2ccncn2)C1. The van der Waals surface area contributed by atoms with Crippen LogP contribution in [0.3, 0.4) is 0 Å². The van der Waals surface area contributed by atoms with Gasteiger partial charge in [0.1, 0.15) is 12.1 Å². The molecule has 134 valence electrons. The van der Waals surface area contributed by atoms with E-state index in [9.17, 15) is 8.42 Å². The highest BCUT2D eigenvalue weighted by Gasteiger charge is 2.34. The normalized spacial score (nSPS) is 25.5. The van der Waals surface area contributed by atoms with Gasteiger partial charge in [0.05, 0.1) is 11.9 Å². The first-order valence-corrected chi connectivity index (χ1v) is 10.3. The van der Waals surface area contributed by atoms with Gasteiger partial charge in [0.2, 0.25) is 10.0 Å². The molecular weight excluding hydrogens is 328 g/mol. The predicted molar refractivity (Wildman–Crippen MR) is 92.3 cm³/mol. The van der Waals surface area contributed by atoms with Crippen LogP contribution in [-0.2, 0) is 14.8 Å². The largest absolute Gasteiger partial charge is 0.380 e. The van der Waals surface area contributed by atoms with E-state index in [-0.39, 0.29) is 17.9 Å². The molecule has 24 heavy (non-hydrogen) atoms. The molecule has 0 unspecified atom stereocenters. The first-order chi connectivity index (χ1) is 11.6. The van der Waals surface area contributed by atoms with Gasteiger partial charge in [-0.25, -0.2) is 23.1 Å². The second-order valence-corrected chi connectivity index (χ2v) is 8.60. The topological polar surface area (TPSA) is 84.4 Å². The third-order valence-electron chi connectivity index (χ3n) is 5.04. The van der Waals surface area contributed by atoms with Crippen LogP contribution in [0.2, 0.25) is 0 Å². The third kappa shape index (κ3) is 4.43. The third-order valence-corrected chi connectivity index (χ3v) is 6.56. The molecule has 0 radical (unpaired) electrons. The maximum atomic E-state index is 12.4. The molecule has 2 aliphatic rings. The van der Waals surface area contributed by atoms with Crippen LogP contribution in [-0.4, -0.2) is 56.5 Å². The van der Waals surface area contributed by atoms with Crippen molar-refractivity contribution in [3.8, 4) is 0 Å². The Morgan fingerprint density at radius 2 is 2.17 bits per heavy atom. The Labute approximate surface area is 143 Å². The second kappa shape index (κ2) is 7.76. The number of hydrogen-bond donors (Lipinski definition) is 1. The van der Waals surface area contributed by atoms with Crippen molar-refractivity contribution in [2.75, 3.05) is 30.9 Å². The van der Waals surface area contributed by atoms with E-state index < -0.39 is 10.0 Å². The Morgan fingerprint density at radius 3 is 2.83 bits per heavy atom. The molecule has 3 rings (SSSR count). The van der Waals surface area contributed by atoms with Crippen molar-refractivity contribution < 1.29 is 13.2 Å². The molecule has 0 amide bonds. The molecule has 1 N–H and O–H groups in total. The molecule has 0 aromatic carbocycles. The Kier molecular flexibility index (Phi) is 5.68. The zero-order chi connectivity index (χ0) is 17.0. The molecule has 2 heterocycles. The lowest BCUT2D eigenvalue weighted by atomic mass is 10.1. The van der Waals surface area contributed by atoms with Crippen LogP contribution >= 0.6 is 0 Å². The molecule has 1 saturated heterocycles. The summed E-state index contributed by atoms with van der Waals surface area (Å²) < 4.78 is 33.0. The fraction of sp³-hybridized carbons (Fsp3) is 0.750. The lowest BCUT2D eigenvalue weighted by Gasteiger charge is -2.25. The summed E-state index contributed by atoms with van der Waals surface area (Å²) in [6, 6.07) is 1.89. The molecule has 1 aromatic rings. The zero-order valence-corrected chi connectivity index (χ0v) is 14.9. The Balaban J connectivity index is 1.61. The fourth-order valence-corrected chi connectivity index (χ4v) is 5.26. The summed E-state index contributed by atoms with van der Waals surface area (Å²) in [4.78, 5) is 10.3. The van der Waals surface area contributed by atoms with Crippen LogP contribution < -0.4 is 9.62 Å². The second-order valence-electron chi connectivity index (χ2n) is 6.75. The molecule has 7 nitrogen and oxygen atoms in total. The number of sulfonamides is 1. The quantitative estimate of drug-likeness (QED) is 0.791. The van der Waals surface area contributed by atoms with Gasteiger partial charge in [-0.05, 0) is 31.2 Å². The highest BCUT2D eigenvalue weighted by Crippen LogP contribution is 2.27. The van der Waals surface area contributed by atoms with Gasteiger partial charge in [-0.2, -0.15) is 0 Å². The maximum Gasteiger partial charge on any atom is 0.211 e. The first kappa shape index (κ1) is 17.6. The van der Waals surface area contributed by atoms with Crippen molar-refractivity contribution in [3.63, 3.8) is 0 Å². The molecule has 2 fully saturated rings. The summed E-state index contributed by atoms with van der Waals surface area (Å²) in [6.45, 7) is 1.10. The smallest absolute Gasteiger partial charge is 0.211 e. The zero-order valence-electron chi connectivity index (χ0n) is 14.1. The van der Waals surface area contributed by atoms with E-state index in [1.165, 1.54) is 6.33 Å². The molecule has 2 atom stereocenters.